The van der Waals surface area contributed by atoms with Gasteiger partial charge in [0.1, 0.15) is 6.04 Å². The monoisotopic (exact) mass is 400 g/mol. The normalized spacial score (nSPS) is 20.7. The molecule has 0 radical (unpaired) electrons. The van der Waals surface area contributed by atoms with Gasteiger partial charge in [0, 0.05) is 6.04 Å². The maximum Gasteiger partial charge on any atom is 0.329 e. The number of rotatable bonds is 7. The first-order valence-electron chi connectivity index (χ1n) is 8.64. The van der Waals surface area contributed by atoms with E-state index in [0.717, 1.165) is 0 Å². The van der Waals surface area contributed by atoms with Gasteiger partial charge in [-0.15, -0.1) is 0 Å². The molecule has 2 heterocycles. The third-order valence-corrected chi connectivity index (χ3v) is 5.96. The summed E-state index contributed by atoms with van der Waals surface area (Å²) in [5.41, 5.74) is 0. The lowest BCUT2D eigenvalue weighted by molar-refractivity contribution is -0.157. The van der Waals surface area contributed by atoms with Crippen LogP contribution < -0.4 is 10.6 Å². The topological polar surface area (TPSA) is 132 Å². The molecule has 0 spiro atoms. The van der Waals surface area contributed by atoms with Crippen molar-refractivity contribution >= 4 is 27.6 Å². The number of carbonyl (C=O) groups is 3. The second-order valence-corrected chi connectivity index (χ2v) is 9.09. The lowest BCUT2D eigenvalue weighted by Crippen LogP contribution is -2.48. The van der Waals surface area contributed by atoms with Crippen molar-refractivity contribution in [3.63, 3.8) is 0 Å². The van der Waals surface area contributed by atoms with E-state index in [0.29, 0.717) is 6.42 Å². The first-order chi connectivity index (χ1) is 12.6. The van der Waals surface area contributed by atoms with Crippen LogP contribution in [0.2, 0.25) is 0 Å². The molecule has 0 saturated carbocycles. The van der Waals surface area contributed by atoms with Crippen molar-refractivity contribution in [1.29, 1.82) is 0 Å². The van der Waals surface area contributed by atoms with Crippen LogP contribution in [0.5, 0.6) is 0 Å². The highest BCUT2D eigenvalue weighted by Crippen LogP contribution is 2.12. The zero-order valence-corrected chi connectivity index (χ0v) is 16.2. The van der Waals surface area contributed by atoms with Crippen molar-refractivity contribution in [2.24, 2.45) is 5.92 Å². The Balaban J connectivity index is 1.91. The number of furan rings is 1. The number of amides is 2. The average molecular weight is 400 g/mol. The average Bonchev–Trinajstić information content (AvgIpc) is 3.21. The molecule has 9 nitrogen and oxygen atoms in total. The van der Waals surface area contributed by atoms with Gasteiger partial charge >= 0.3 is 5.97 Å². The van der Waals surface area contributed by atoms with E-state index in [-0.39, 0.29) is 23.2 Å². The minimum absolute atomic E-state index is 0.0281. The molecule has 1 aromatic rings. The van der Waals surface area contributed by atoms with Gasteiger partial charge in [-0.1, -0.05) is 13.8 Å². The van der Waals surface area contributed by atoms with Crippen LogP contribution in [0.25, 0.3) is 0 Å². The maximum atomic E-state index is 12.4. The molecule has 2 N–H and O–H groups in total. The van der Waals surface area contributed by atoms with E-state index in [2.05, 4.69) is 10.6 Å². The predicted octanol–water partition coefficient (Wildman–Crippen LogP) is 0.269. The fourth-order valence-corrected chi connectivity index (χ4v) is 4.32. The van der Waals surface area contributed by atoms with E-state index >= 15 is 0 Å². The quantitative estimate of drug-likeness (QED) is 0.628. The van der Waals surface area contributed by atoms with Crippen molar-refractivity contribution in [3.8, 4) is 0 Å². The van der Waals surface area contributed by atoms with E-state index in [1.165, 1.54) is 19.3 Å². The summed E-state index contributed by atoms with van der Waals surface area (Å²) in [5.74, 6) is -2.22. The Morgan fingerprint density at radius 2 is 1.96 bits per heavy atom. The van der Waals surface area contributed by atoms with Crippen LogP contribution in [0.4, 0.5) is 0 Å². The molecule has 2 rings (SSSR count). The van der Waals surface area contributed by atoms with Gasteiger partial charge in [-0.2, -0.15) is 0 Å². The van der Waals surface area contributed by atoms with Crippen molar-refractivity contribution in [2.45, 2.75) is 45.4 Å². The lowest BCUT2D eigenvalue weighted by atomic mass is 10.0. The number of nitrogens with one attached hydrogen (secondary N) is 2. The summed E-state index contributed by atoms with van der Waals surface area (Å²) in [6, 6.07) is 1.56. The Hall–Kier alpha value is -2.36. The highest BCUT2D eigenvalue weighted by atomic mass is 32.2. The van der Waals surface area contributed by atoms with Gasteiger partial charge in [-0.05, 0) is 31.4 Å². The van der Waals surface area contributed by atoms with Crippen LogP contribution in [0.15, 0.2) is 22.8 Å². The minimum atomic E-state index is -3.13. The summed E-state index contributed by atoms with van der Waals surface area (Å²) in [4.78, 5) is 36.6. The molecule has 27 heavy (non-hydrogen) atoms. The Morgan fingerprint density at radius 3 is 2.48 bits per heavy atom. The SMILES string of the molecule is CC(C)[C@H](NC(=O)c1ccco1)C(=O)O[C@H](C)C(=O)N[C@@H]1CCS(=O)(=O)C1. The molecule has 1 aliphatic rings. The van der Waals surface area contributed by atoms with Crippen LogP contribution >= 0.6 is 0 Å². The van der Waals surface area contributed by atoms with Crippen LogP contribution in [0, 0.1) is 5.92 Å². The molecule has 0 bridgehead atoms. The fraction of sp³-hybridized carbons (Fsp3) is 0.588. The summed E-state index contributed by atoms with van der Waals surface area (Å²) in [7, 11) is -3.13. The molecule has 1 fully saturated rings. The zero-order valence-electron chi connectivity index (χ0n) is 15.4. The lowest BCUT2D eigenvalue weighted by Gasteiger charge is -2.23. The smallest absolute Gasteiger partial charge is 0.329 e. The molecular weight excluding hydrogens is 376 g/mol. The largest absolute Gasteiger partial charge is 0.459 e. The number of hydrogen-bond donors (Lipinski definition) is 2. The van der Waals surface area contributed by atoms with Crippen molar-refractivity contribution < 1.29 is 32.0 Å². The minimum Gasteiger partial charge on any atom is -0.459 e. The van der Waals surface area contributed by atoms with Crippen LogP contribution in [-0.2, 0) is 24.2 Å². The molecule has 1 aromatic heterocycles. The molecule has 0 aromatic carbocycles. The fourth-order valence-electron chi connectivity index (χ4n) is 2.65. The molecule has 1 aliphatic heterocycles. The summed E-state index contributed by atoms with van der Waals surface area (Å²) in [5, 5.41) is 5.10. The molecule has 2 amide bonds. The number of ether oxygens (including phenoxy) is 1. The van der Waals surface area contributed by atoms with Crippen molar-refractivity contribution in [1.82, 2.24) is 10.6 Å². The van der Waals surface area contributed by atoms with Gasteiger partial charge < -0.3 is 19.8 Å². The molecule has 10 heteroatoms. The first-order valence-corrected chi connectivity index (χ1v) is 10.5. The van der Waals surface area contributed by atoms with Crippen LogP contribution in [-0.4, -0.2) is 55.9 Å². The zero-order chi connectivity index (χ0) is 20.2. The molecule has 3 atom stereocenters. The Morgan fingerprint density at radius 1 is 1.26 bits per heavy atom. The third kappa shape index (κ3) is 5.81. The van der Waals surface area contributed by atoms with Gasteiger partial charge in [-0.25, -0.2) is 13.2 Å². The number of hydrogen-bond acceptors (Lipinski definition) is 7. The van der Waals surface area contributed by atoms with Crippen molar-refractivity contribution in [2.75, 3.05) is 11.5 Å². The Bertz CT molecular complexity index is 786. The summed E-state index contributed by atoms with van der Waals surface area (Å²) in [6.07, 6.45) is 0.554. The second kappa shape index (κ2) is 8.55. The van der Waals surface area contributed by atoms with E-state index in [1.54, 1.807) is 19.9 Å². The molecule has 0 aliphatic carbocycles. The Kier molecular flexibility index (Phi) is 6.63. The van der Waals surface area contributed by atoms with Gasteiger partial charge in [0.25, 0.3) is 11.8 Å². The van der Waals surface area contributed by atoms with E-state index in [4.69, 9.17) is 9.15 Å². The Labute approximate surface area is 157 Å². The van der Waals surface area contributed by atoms with Crippen molar-refractivity contribution in [3.05, 3.63) is 24.2 Å². The standard InChI is InChI=1S/C17H24N2O7S/c1-10(2)14(19-16(21)13-5-4-7-25-13)17(22)26-11(3)15(20)18-12-6-8-27(23,24)9-12/h4-5,7,10-12,14H,6,8-9H2,1-3H3,(H,18,20)(H,19,21)/t11-,12-,14+/m1/s1. The van der Waals surface area contributed by atoms with Gasteiger partial charge in [0.05, 0.1) is 17.8 Å². The third-order valence-electron chi connectivity index (χ3n) is 4.19. The highest BCUT2D eigenvalue weighted by molar-refractivity contribution is 7.91. The van der Waals surface area contributed by atoms with Gasteiger partial charge in [0.15, 0.2) is 21.7 Å². The van der Waals surface area contributed by atoms with E-state index < -0.39 is 45.8 Å². The molecule has 1 saturated heterocycles. The van der Waals surface area contributed by atoms with Crippen LogP contribution in [0.3, 0.4) is 0 Å². The predicted molar refractivity (Wildman–Crippen MR) is 95.6 cm³/mol. The number of sulfone groups is 1. The summed E-state index contributed by atoms with van der Waals surface area (Å²) < 4.78 is 33.1. The molecule has 0 unspecified atom stereocenters. The highest BCUT2D eigenvalue weighted by Gasteiger charge is 2.33. The molecular formula is C17H24N2O7S. The summed E-state index contributed by atoms with van der Waals surface area (Å²) in [6.45, 7) is 4.84. The number of esters is 1. The second-order valence-electron chi connectivity index (χ2n) is 6.86. The van der Waals surface area contributed by atoms with Gasteiger partial charge in [0.2, 0.25) is 0 Å². The van der Waals surface area contributed by atoms with E-state index in [1.807, 2.05) is 0 Å². The van der Waals surface area contributed by atoms with E-state index in [9.17, 15) is 22.8 Å². The maximum absolute atomic E-state index is 12.4. The van der Waals surface area contributed by atoms with Gasteiger partial charge in [-0.3, -0.25) is 9.59 Å². The number of carbonyl (C=O) groups excluding carboxylic acids is 3. The summed E-state index contributed by atoms with van der Waals surface area (Å²) >= 11 is 0. The first kappa shape index (κ1) is 20.9. The van der Waals surface area contributed by atoms with Crippen LogP contribution in [0.1, 0.15) is 37.7 Å². The molecule has 150 valence electrons.